The third-order valence-electron chi connectivity index (χ3n) is 5.25. The van der Waals surface area contributed by atoms with E-state index in [-0.39, 0.29) is 52.7 Å². The van der Waals surface area contributed by atoms with Crippen molar-refractivity contribution in [1.29, 1.82) is 0 Å². The highest BCUT2D eigenvalue weighted by Crippen LogP contribution is 2.28. The van der Waals surface area contributed by atoms with Gasteiger partial charge < -0.3 is 15.0 Å². The lowest BCUT2D eigenvalue weighted by molar-refractivity contribution is -0.890. The van der Waals surface area contributed by atoms with Gasteiger partial charge in [0, 0.05) is 18.7 Å². The van der Waals surface area contributed by atoms with Crippen molar-refractivity contribution in [2.45, 2.75) is 37.0 Å². The molecule has 31 heavy (non-hydrogen) atoms. The van der Waals surface area contributed by atoms with E-state index in [0.717, 1.165) is 0 Å². The summed E-state index contributed by atoms with van der Waals surface area (Å²) in [5, 5.41) is 5.04. The minimum Gasteiger partial charge on any atom is -0.373 e. The molecule has 1 amide bonds. The molecule has 3 atom stereocenters. The number of hydrogen-bond donors (Lipinski definition) is 2. The Bertz CT molecular complexity index is 1000. The second kappa shape index (κ2) is 9.97. The molecule has 7 nitrogen and oxygen atoms in total. The summed E-state index contributed by atoms with van der Waals surface area (Å²) in [6.45, 7) is 4.59. The van der Waals surface area contributed by atoms with Crippen molar-refractivity contribution in [3.05, 3.63) is 51.2 Å². The molecule has 3 unspecified atom stereocenters. The van der Waals surface area contributed by atoms with Crippen LogP contribution in [0.3, 0.4) is 0 Å². The Morgan fingerprint density at radius 2 is 1.97 bits per heavy atom. The van der Waals surface area contributed by atoms with Gasteiger partial charge in [0.25, 0.3) is 5.91 Å². The molecule has 0 bridgehead atoms. The lowest BCUT2D eigenvalue weighted by atomic mass is 10.2. The monoisotopic (exact) mass is 486 g/mol. The topological polar surface area (TPSA) is 80.2 Å². The molecule has 2 aromatic rings. The van der Waals surface area contributed by atoms with Gasteiger partial charge in [0.05, 0.1) is 42.7 Å². The first kappa shape index (κ1) is 24.2. The van der Waals surface area contributed by atoms with Gasteiger partial charge in [-0.05, 0) is 43.5 Å². The van der Waals surface area contributed by atoms with Crippen LogP contribution in [0.4, 0.5) is 0 Å². The summed E-state index contributed by atoms with van der Waals surface area (Å²) in [6, 6.07) is 8.51. The Morgan fingerprint density at radius 3 is 2.55 bits per heavy atom. The van der Waals surface area contributed by atoms with E-state index in [2.05, 4.69) is 5.32 Å². The van der Waals surface area contributed by atoms with Crippen LogP contribution in [0, 0.1) is 0 Å². The molecule has 1 aromatic heterocycles. The summed E-state index contributed by atoms with van der Waals surface area (Å²) in [7, 11) is 0.215. The van der Waals surface area contributed by atoms with E-state index >= 15 is 0 Å². The molecule has 1 saturated heterocycles. The standard InChI is InChI=1S/C21H28ClN3O4S2/c1-14-12-25(13-15(2)29-14)31(27,28)20-10-16(7-8-17(20)22)21(26)23-11-18(24(3)4)19-6-5-9-30-19/h5-10,14-15,18H,11-13H2,1-4H3,(H,23,26)/p+1. The molecule has 2 heterocycles. The number of morpholine rings is 1. The van der Waals surface area contributed by atoms with E-state index in [1.54, 1.807) is 17.4 Å². The van der Waals surface area contributed by atoms with E-state index in [1.165, 1.54) is 26.2 Å². The minimum absolute atomic E-state index is 0.0591. The molecule has 1 aromatic carbocycles. The van der Waals surface area contributed by atoms with Crippen LogP contribution in [0.5, 0.6) is 0 Å². The number of carbonyl (C=O) groups excluding carboxylic acids is 1. The van der Waals surface area contributed by atoms with Gasteiger partial charge in [-0.1, -0.05) is 17.7 Å². The van der Waals surface area contributed by atoms with Crippen LogP contribution in [-0.4, -0.2) is 64.6 Å². The molecule has 3 rings (SSSR count). The molecular weight excluding hydrogens is 458 g/mol. The summed E-state index contributed by atoms with van der Waals surface area (Å²) >= 11 is 7.89. The van der Waals surface area contributed by atoms with Crippen molar-refractivity contribution in [1.82, 2.24) is 9.62 Å². The average molecular weight is 487 g/mol. The van der Waals surface area contributed by atoms with Gasteiger partial charge in [-0.25, -0.2) is 8.42 Å². The maximum Gasteiger partial charge on any atom is 0.251 e. The van der Waals surface area contributed by atoms with E-state index in [0.29, 0.717) is 6.54 Å². The van der Waals surface area contributed by atoms with Gasteiger partial charge >= 0.3 is 0 Å². The van der Waals surface area contributed by atoms with Crippen molar-refractivity contribution in [3.8, 4) is 0 Å². The van der Waals surface area contributed by atoms with Crippen LogP contribution < -0.4 is 10.2 Å². The molecular formula is C21H29ClN3O4S2+. The summed E-state index contributed by atoms with van der Waals surface area (Å²) in [5.74, 6) is -0.334. The maximum atomic E-state index is 13.2. The number of rotatable bonds is 7. The SMILES string of the molecule is CC1CN(S(=O)(=O)c2cc(C(=O)NCC(c3cccs3)[NH+](C)C)ccc2Cl)CC(C)O1. The Balaban J connectivity index is 1.79. The third kappa shape index (κ3) is 5.66. The molecule has 170 valence electrons. The number of benzene rings is 1. The maximum absolute atomic E-state index is 13.2. The molecule has 1 aliphatic heterocycles. The van der Waals surface area contributed by atoms with Crippen molar-refractivity contribution in [3.63, 3.8) is 0 Å². The molecule has 0 saturated carbocycles. The first-order valence-electron chi connectivity index (χ1n) is 10.2. The minimum atomic E-state index is -3.86. The summed E-state index contributed by atoms with van der Waals surface area (Å²) < 4.78 is 33.5. The molecule has 1 fully saturated rings. The van der Waals surface area contributed by atoms with Crippen LogP contribution in [-0.2, 0) is 14.8 Å². The lowest BCUT2D eigenvalue weighted by Crippen LogP contribution is -3.06. The summed E-state index contributed by atoms with van der Waals surface area (Å²) in [6.07, 6.45) is -0.432. The highest BCUT2D eigenvalue weighted by atomic mass is 35.5. The Kier molecular flexibility index (Phi) is 7.77. The van der Waals surface area contributed by atoms with Crippen molar-refractivity contribution < 1.29 is 22.8 Å². The summed E-state index contributed by atoms with van der Waals surface area (Å²) in [5.41, 5.74) is 0.260. The van der Waals surface area contributed by atoms with Gasteiger partial charge in [0.2, 0.25) is 10.0 Å². The molecule has 10 heteroatoms. The molecule has 0 radical (unpaired) electrons. The fourth-order valence-electron chi connectivity index (χ4n) is 3.68. The number of likely N-dealkylation sites (N-methyl/N-ethyl adjacent to an activating group) is 1. The molecule has 1 aliphatic rings. The fraction of sp³-hybridized carbons (Fsp3) is 0.476. The smallest absolute Gasteiger partial charge is 0.251 e. The average Bonchev–Trinajstić information content (AvgIpc) is 3.21. The van der Waals surface area contributed by atoms with Crippen LogP contribution >= 0.6 is 22.9 Å². The van der Waals surface area contributed by atoms with E-state index in [4.69, 9.17) is 16.3 Å². The van der Waals surface area contributed by atoms with Gasteiger partial charge in [-0.3, -0.25) is 4.79 Å². The normalized spacial score (nSPS) is 21.2. The van der Waals surface area contributed by atoms with Crippen molar-refractivity contribution in [2.75, 3.05) is 33.7 Å². The highest BCUT2D eigenvalue weighted by Gasteiger charge is 2.34. The lowest BCUT2D eigenvalue weighted by Gasteiger charge is -2.34. The molecule has 0 aliphatic carbocycles. The quantitative estimate of drug-likeness (QED) is 0.625. The second-order valence-electron chi connectivity index (χ2n) is 8.08. The number of halogens is 1. The summed E-state index contributed by atoms with van der Waals surface area (Å²) in [4.78, 5) is 15.1. The first-order chi connectivity index (χ1) is 14.6. The van der Waals surface area contributed by atoms with E-state index in [9.17, 15) is 13.2 Å². The number of nitrogens with one attached hydrogen (secondary N) is 2. The molecule has 2 N–H and O–H groups in total. The number of quaternary nitrogens is 1. The number of nitrogens with zero attached hydrogens (tertiary/aromatic N) is 1. The van der Waals surface area contributed by atoms with Crippen LogP contribution in [0.25, 0.3) is 0 Å². The Labute approximate surface area is 193 Å². The predicted octanol–water partition coefficient (Wildman–Crippen LogP) is 1.81. The first-order valence-corrected chi connectivity index (χ1v) is 12.9. The Morgan fingerprint density at radius 1 is 1.29 bits per heavy atom. The number of ether oxygens (including phenoxy) is 1. The number of sulfonamides is 1. The van der Waals surface area contributed by atoms with Gasteiger partial charge in [-0.2, -0.15) is 4.31 Å². The van der Waals surface area contributed by atoms with Gasteiger partial charge in [-0.15, -0.1) is 11.3 Å². The fourth-order valence-corrected chi connectivity index (χ4v) is 6.73. The third-order valence-corrected chi connectivity index (χ3v) is 8.55. The van der Waals surface area contributed by atoms with Crippen molar-refractivity contribution >= 4 is 38.9 Å². The van der Waals surface area contributed by atoms with E-state index in [1.807, 2.05) is 45.5 Å². The zero-order valence-electron chi connectivity index (χ0n) is 18.1. The van der Waals surface area contributed by atoms with E-state index < -0.39 is 10.0 Å². The zero-order valence-corrected chi connectivity index (χ0v) is 20.5. The van der Waals surface area contributed by atoms with Crippen LogP contribution in [0.2, 0.25) is 5.02 Å². The number of hydrogen-bond acceptors (Lipinski definition) is 5. The van der Waals surface area contributed by atoms with Crippen LogP contribution in [0.1, 0.15) is 35.1 Å². The Hall–Kier alpha value is -1.49. The zero-order chi connectivity index (χ0) is 22.8. The van der Waals surface area contributed by atoms with Gasteiger partial charge in [0.1, 0.15) is 10.9 Å². The number of carbonyl (C=O) groups is 1. The number of thiophene rings is 1. The second-order valence-corrected chi connectivity index (χ2v) is 11.4. The van der Waals surface area contributed by atoms with Gasteiger partial charge in [0.15, 0.2) is 0 Å². The largest absolute Gasteiger partial charge is 0.373 e. The molecule has 0 spiro atoms. The highest BCUT2D eigenvalue weighted by molar-refractivity contribution is 7.89. The van der Waals surface area contributed by atoms with Crippen molar-refractivity contribution in [2.24, 2.45) is 0 Å². The van der Waals surface area contributed by atoms with Crippen LogP contribution in [0.15, 0.2) is 40.6 Å². The predicted molar refractivity (Wildman–Crippen MR) is 122 cm³/mol. The number of amides is 1.